The van der Waals surface area contributed by atoms with Crippen molar-refractivity contribution in [2.24, 2.45) is 0 Å². The zero-order chi connectivity index (χ0) is 14.8. The molecule has 1 heterocycles. The van der Waals surface area contributed by atoms with Crippen molar-refractivity contribution in [1.29, 1.82) is 0 Å². The number of likely N-dealkylation sites (N-methyl/N-ethyl adjacent to an activating group) is 1. The van der Waals surface area contributed by atoms with Gasteiger partial charge in [-0.1, -0.05) is 54.4 Å². The maximum atomic E-state index is 6.19. The van der Waals surface area contributed by atoms with Gasteiger partial charge in [-0.25, -0.2) is 0 Å². The van der Waals surface area contributed by atoms with Crippen LogP contribution in [0.15, 0.2) is 42.5 Å². The number of para-hydroxylation sites is 1. The molecule has 0 spiro atoms. The van der Waals surface area contributed by atoms with Crippen molar-refractivity contribution in [3.8, 4) is 5.75 Å². The Morgan fingerprint density at radius 2 is 1.86 bits per heavy atom. The molecule has 110 valence electrons. The largest absolute Gasteiger partial charge is 0.488 e. The summed E-state index contributed by atoms with van der Waals surface area (Å²) in [6.45, 7) is 7.40. The van der Waals surface area contributed by atoms with Crippen LogP contribution in [0.1, 0.15) is 35.2 Å². The van der Waals surface area contributed by atoms with Crippen molar-refractivity contribution in [3.05, 3.63) is 64.7 Å². The van der Waals surface area contributed by atoms with E-state index in [4.69, 9.17) is 4.74 Å². The van der Waals surface area contributed by atoms with E-state index in [9.17, 15) is 0 Å². The first-order valence-corrected chi connectivity index (χ1v) is 7.73. The third kappa shape index (κ3) is 2.96. The summed E-state index contributed by atoms with van der Waals surface area (Å²) in [6, 6.07) is 15.4. The normalized spacial score (nSPS) is 18.1. The van der Waals surface area contributed by atoms with E-state index in [1.165, 1.54) is 22.3 Å². The molecule has 0 bridgehead atoms. The second-order valence-electron chi connectivity index (χ2n) is 5.92. The fourth-order valence-electron chi connectivity index (χ4n) is 3.27. The molecule has 2 atom stereocenters. The lowest BCUT2D eigenvalue weighted by Gasteiger charge is -2.25. The third-order valence-electron chi connectivity index (χ3n) is 4.07. The Kier molecular flexibility index (Phi) is 3.98. The van der Waals surface area contributed by atoms with Crippen LogP contribution in [-0.2, 0) is 6.42 Å². The Morgan fingerprint density at radius 1 is 1.14 bits per heavy atom. The van der Waals surface area contributed by atoms with Crippen molar-refractivity contribution in [2.75, 3.05) is 6.54 Å². The van der Waals surface area contributed by atoms with Gasteiger partial charge in [-0.3, -0.25) is 0 Å². The van der Waals surface area contributed by atoms with E-state index in [1.807, 2.05) is 6.07 Å². The van der Waals surface area contributed by atoms with Crippen LogP contribution in [0.5, 0.6) is 5.75 Å². The van der Waals surface area contributed by atoms with Gasteiger partial charge in [0, 0.05) is 6.42 Å². The van der Waals surface area contributed by atoms with Gasteiger partial charge in [0.25, 0.3) is 0 Å². The van der Waals surface area contributed by atoms with Crippen LogP contribution < -0.4 is 10.1 Å². The van der Waals surface area contributed by atoms with Gasteiger partial charge in [0.2, 0.25) is 0 Å². The molecule has 0 fully saturated rings. The van der Waals surface area contributed by atoms with Gasteiger partial charge in [-0.05, 0) is 37.6 Å². The molecule has 2 heteroatoms. The molecule has 0 saturated carbocycles. The minimum Gasteiger partial charge on any atom is -0.488 e. The van der Waals surface area contributed by atoms with Gasteiger partial charge in [-0.2, -0.15) is 0 Å². The lowest BCUT2D eigenvalue weighted by molar-refractivity contribution is 0.179. The molecule has 3 rings (SSSR count). The van der Waals surface area contributed by atoms with Crippen molar-refractivity contribution < 1.29 is 4.74 Å². The van der Waals surface area contributed by atoms with Crippen LogP contribution in [0.25, 0.3) is 0 Å². The van der Waals surface area contributed by atoms with Crippen LogP contribution in [0.2, 0.25) is 0 Å². The van der Waals surface area contributed by atoms with E-state index >= 15 is 0 Å². The van der Waals surface area contributed by atoms with Gasteiger partial charge in [0.1, 0.15) is 11.9 Å². The second-order valence-corrected chi connectivity index (χ2v) is 5.92. The Bertz CT molecular complexity index is 590. The number of fused-ring (bicyclic) bond motifs is 1. The monoisotopic (exact) mass is 281 g/mol. The molecule has 0 aromatic heterocycles. The first-order valence-electron chi connectivity index (χ1n) is 7.73. The van der Waals surface area contributed by atoms with Gasteiger partial charge in [-0.15, -0.1) is 0 Å². The summed E-state index contributed by atoms with van der Waals surface area (Å²) in [5.74, 6) is 1.04. The fraction of sp³-hybridized carbons (Fsp3) is 0.368. The molecule has 2 aromatic carbocycles. The highest BCUT2D eigenvalue weighted by molar-refractivity contribution is 5.39. The Morgan fingerprint density at radius 3 is 2.52 bits per heavy atom. The Balaban J connectivity index is 1.89. The van der Waals surface area contributed by atoms with Crippen molar-refractivity contribution in [1.82, 2.24) is 5.32 Å². The molecule has 2 unspecified atom stereocenters. The quantitative estimate of drug-likeness (QED) is 0.916. The topological polar surface area (TPSA) is 21.3 Å². The minimum atomic E-state index is 0.170. The second kappa shape index (κ2) is 5.90. The predicted molar refractivity (Wildman–Crippen MR) is 86.9 cm³/mol. The first-order chi connectivity index (χ1) is 10.2. The molecule has 1 N–H and O–H groups in total. The average Bonchev–Trinajstić information content (AvgIpc) is 2.87. The zero-order valence-electron chi connectivity index (χ0n) is 13.0. The van der Waals surface area contributed by atoms with Crippen molar-refractivity contribution in [3.63, 3.8) is 0 Å². The van der Waals surface area contributed by atoms with Crippen molar-refractivity contribution in [2.45, 2.75) is 39.3 Å². The van der Waals surface area contributed by atoms with Crippen LogP contribution in [0.4, 0.5) is 0 Å². The van der Waals surface area contributed by atoms with Crippen LogP contribution in [-0.4, -0.2) is 12.6 Å². The van der Waals surface area contributed by atoms with E-state index in [-0.39, 0.29) is 12.1 Å². The number of hydrogen-bond acceptors (Lipinski definition) is 2. The van der Waals surface area contributed by atoms with Gasteiger partial charge < -0.3 is 10.1 Å². The summed E-state index contributed by atoms with van der Waals surface area (Å²) in [5.41, 5.74) is 5.26. The smallest absolute Gasteiger partial charge is 0.123 e. The SMILES string of the molecule is CCNC(c1cc(C)cc(C)c1)C1Cc2ccccc2O1. The lowest BCUT2D eigenvalue weighted by atomic mass is 9.95. The number of nitrogens with one attached hydrogen (secondary N) is 1. The van der Waals surface area contributed by atoms with Crippen molar-refractivity contribution >= 4 is 0 Å². The summed E-state index contributed by atoms with van der Waals surface area (Å²) in [7, 11) is 0. The molecular weight excluding hydrogens is 258 g/mol. The molecule has 2 nitrogen and oxygen atoms in total. The zero-order valence-corrected chi connectivity index (χ0v) is 13.0. The minimum absolute atomic E-state index is 0.170. The standard InChI is InChI=1S/C19H23NO/c1-4-20-19(16-10-13(2)9-14(3)11-16)18-12-15-7-5-6-8-17(15)21-18/h5-11,18-20H,4,12H2,1-3H3. The van der Waals surface area contributed by atoms with Gasteiger partial charge >= 0.3 is 0 Å². The Hall–Kier alpha value is -1.80. The Labute approximate surface area is 127 Å². The van der Waals surface area contributed by atoms with Crippen LogP contribution >= 0.6 is 0 Å². The van der Waals surface area contributed by atoms with Crippen LogP contribution in [0, 0.1) is 13.8 Å². The summed E-state index contributed by atoms with van der Waals surface area (Å²) in [5, 5.41) is 3.61. The molecule has 21 heavy (non-hydrogen) atoms. The molecule has 1 aliphatic heterocycles. The van der Waals surface area contributed by atoms with E-state index in [0.29, 0.717) is 0 Å². The summed E-state index contributed by atoms with van der Waals surface area (Å²) in [4.78, 5) is 0. The maximum absolute atomic E-state index is 6.19. The maximum Gasteiger partial charge on any atom is 0.123 e. The number of hydrogen-bond donors (Lipinski definition) is 1. The van der Waals surface area contributed by atoms with Gasteiger partial charge in [0.05, 0.1) is 6.04 Å². The van der Waals surface area contributed by atoms with E-state index in [2.05, 4.69) is 62.5 Å². The highest BCUT2D eigenvalue weighted by Crippen LogP contribution is 2.34. The molecule has 0 saturated heterocycles. The highest BCUT2D eigenvalue weighted by Gasteiger charge is 2.30. The third-order valence-corrected chi connectivity index (χ3v) is 4.07. The lowest BCUT2D eigenvalue weighted by Crippen LogP contribution is -2.35. The van der Waals surface area contributed by atoms with E-state index in [1.54, 1.807) is 0 Å². The average molecular weight is 281 g/mol. The molecule has 0 aliphatic carbocycles. The van der Waals surface area contributed by atoms with E-state index in [0.717, 1.165) is 18.7 Å². The first kappa shape index (κ1) is 14.2. The number of rotatable bonds is 4. The number of ether oxygens (including phenoxy) is 1. The summed E-state index contributed by atoms with van der Waals surface area (Å²) >= 11 is 0. The molecule has 0 amide bonds. The molecule has 2 aromatic rings. The predicted octanol–water partition coefficient (Wildman–Crippen LogP) is 3.96. The van der Waals surface area contributed by atoms with Gasteiger partial charge in [0.15, 0.2) is 0 Å². The van der Waals surface area contributed by atoms with E-state index < -0.39 is 0 Å². The number of aryl methyl sites for hydroxylation is 2. The fourth-order valence-corrected chi connectivity index (χ4v) is 3.27. The summed E-state index contributed by atoms with van der Waals surface area (Å²) in [6.07, 6.45) is 1.14. The molecule has 0 radical (unpaired) electrons. The molecule has 1 aliphatic rings. The highest BCUT2D eigenvalue weighted by atomic mass is 16.5. The molecular formula is C19H23NO. The number of benzene rings is 2. The summed E-state index contributed by atoms with van der Waals surface area (Å²) < 4.78 is 6.19. The van der Waals surface area contributed by atoms with Crippen LogP contribution in [0.3, 0.4) is 0 Å².